The Morgan fingerprint density at radius 3 is 2.50 bits per heavy atom. The van der Waals surface area contributed by atoms with Gasteiger partial charge in [-0.25, -0.2) is 9.37 Å². The van der Waals surface area contributed by atoms with E-state index in [4.69, 9.17) is 0 Å². The Balaban J connectivity index is 1.96. The molecule has 0 amide bonds. The molecule has 3 rings (SSSR count). The second-order valence-electron chi connectivity index (χ2n) is 5.70. The molecular formula is C19H16F4N4O. The van der Waals surface area contributed by atoms with Crippen LogP contribution in [0.5, 0.6) is 5.75 Å². The lowest BCUT2D eigenvalue weighted by atomic mass is 10.1. The van der Waals surface area contributed by atoms with Gasteiger partial charge in [-0.1, -0.05) is 18.2 Å². The first-order valence-corrected chi connectivity index (χ1v) is 8.34. The van der Waals surface area contributed by atoms with Gasteiger partial charge in [0.25, 0.3) is 0 Å². The molecule has 0 radical (unpaired) electrons. The van der Waals surface area contributed by atoms with E-state index >= 15 is 0 Å². The molecule has 5 nitrogen and oxygen atoms in total. The minimum absolute atomic E-state index is 0.279. The molecule has 0 aliphatic heterocycles. The highest BCUT2D eigenvalue weighted by atomic mass is 19.4. The predicted molar refractivity (Wildman–Crippen MR) is 98.0 cm³/mol. The van der Waals surface area contributed by atoms with Crippen LogP contribution in [0.2, 0.25) is 0 Å². The molecule has 0 atom stereocenters. The number of nitrogens with zero attached hydrogens (tertiary/aromatic N) is 2. The minimum atomic E-state index is -4.79. The Bertz CT molecular complexity index is 963. The fraction of sp³-hybridized carbons (Fsp3) is 0.158. The van der Waals surface area contributed by atoms with Crippen molar-refractivity contribution in [3.05, 3.63) is 60.4 Å². The van der Waals surface area contributed by atoms with Crippen molar-refractivity contribution in [1.82, 2.24) is 9.97 Å². The third kappa shape index (κ3) is 5.32. The highest BCUT2D eigenvalue weighted by Gasteiger charge is 2.31. The van der Waals surface area contributed by atoms with Crippen LogP contribution >= 0.6 is 0 Å². The van der Waals surface area contributed by atoms with E-state index in [1.54, 1.807) is 24.3 Å². The molecule has 2 N–H and O–H groups in total. The predicted octanol–water partition coefficient (Wildman–Crippen LogP) is 5.36. The molecule has 0 saturated carbocycles. The van der Waals surface area contributed by atoms with Crippen LogP contribution in [0.1, 0.15) is 6.92 Å². The summed E-state index contributed by atoms with van der Waals surface area (Å²) in [6.45, 7) is 2.40. The number of aromatic nitrogens is 2. The lowest BCUT2D eigenvalue weighted by Gasteiger charge is -2.12. The van der Waals surface area contributed by atoms with E-state index in [9.17, 15) is 17.6 Å². The molecule has 1 aromatic heterocycles. The van der Waals surface area contributed by atoms with Crippen LogP contribution in [0.25, 0.3) is 11.3 Å². The number of rotatable bonds is 6. The van der Waals surface area contributed by atoms with Crippen molar-refractivity contribution in [3.8, 4) is 17.0 Å². The number of benzene rings is 2. The maximum atomic E-state index is 13.4. The first-order valence-electron chi connectivity index (χ1n) is 8.34. The van der Waals surface area contributed by atoms with E-state index in [0.717, 1.165) is 0 Å². The first kappa shape index (κ1) is 19.4. The zero-order valence-electron chi connectivity index (χ0n) is 14.7. The normalized spacial score (nSPS) is 11.2. The Labute approximate surface area is 158 Å². The van der Waals surface area contributed by atoms with E-state index in [0.29, 0.717) is 29.3 Å². The second-order valence-corrected chi connectivity index (χ2v) is 5.70. The lowest BCUT2D eigenvalue weighted by Crippen LogP contribution is -2.17. The van der Waals surface area contributed by atoms with E-state index in [-0.39, 0.29) is 11.7 Å². The van der Waals surface area contributed by atoms with Gasteiger partial charge in [0, 0.05) is 23.9 Å². The molecule has 2 aromatic carbocycles. The van der Waals surface area contributed by atoms with E-state index in [1.165, 1.54) is 30.3 Å². The van der Waals surface area contributed by atoms with Gasteiger partial charge in [0.15, 0.2) is 0 Å². The highest BCUT2D eigenvalue weighted by Crippen LogP contribution is 2.29. The molecule has 0 aliphatic carbocycles. The van der Waals surface area contributed by atoms with Gasteiger partial charge in [0.2, 0.25) is 5.95 Å². The van der Waals surface area contributed by atoms with Gasteiger partial charge in [0.1, 0.15) is 17.4 Å². The maximum absolute atomic E-state index is 13.4. The monoisotopic (exact) mass is 392 g/mol. The van der Waals surface area contributed by atoms with E-state index < -0.39 is 12.2 Å². The Kier molecular flexibility index (Phi) is 5.62. The fourth-order valence-electron chi connectivity index (χ4n) is 2.46. The van der Waals surface area contributed by atoms with Gasteiger partial charge in [-0.2, -0.15) is 4.98 Å². The summed E-state index contributed by atoms with van der Waals surface area (Å²) >= 11 is 0. The van der Waals surface area contributed by atoms with Gasteiger partial charge in [0.05, 0.1) is 5.69 Å². The smallest absolute Gasteiger partial charge is 0.406 e. The molecular weight excluding hydrogens is 376 g/mol. The number of hydrogen-bond donors (Lipinski definition) is 2. The minimum Gasteiger partial charge on any atom is -0.406 e. The van der Waals surface area contributed by atoms with Crippen molar-refractivity contribution in [2.75, 3.05) is 17.2 Å². The van der Waals surface area contributed by atoms with Crippen LogP contribution in [-0.2, 0) is 0 Å². The number of ether oxygens (including phenoxy) is 1. The molecule has 0 spiro atoms. The van der Waals surface area contributed by atoms with Crippen LogP contribution in [0, 0.1) is 5.82 Å². The third-order valence-electron chi connectivity index (χ3n) is 3.52. The van der Waals surface area contributed by atoms with Crippen molar-refractivity contribution in [3.63, 3.8) is 0 Å². The van der Waals surface area contributed by atoms with Crippen molar-refractivity contribution in [2.45, 2.75) is 13.3 Å². The topological polar surface area (TPSA) is 59.1 Å². The molecule has 0 saturated heterocycles. The largest absolute Gasteiger partial charge is 0.573 e. The number of alkyl halides is 3. The molecule has 28 heavy (non-hydrogen) atoms. The molecule has 0 unspecified atom stereocenters. The van der Waals surface area contributed by atoms with Gasteiger partial charge in [-0.3, -0.25) is 0 Å². The average Bonchev–Trinajstić information content (AvgIpc) is 2.60. The number of hydrogen-bond acceptors (Lipinski definition) is 5. The van der Waals surface area contributed by atoms with Crippen LogP contribution in [0.15, 0.2) is 54.6 Å². The molecule has 9 heteroatoms. The summed E-state index contributed by atoms with van der Waals surface area (Å²) in [6.07, 6.45) is -4.79. The Morgan fingerprint density at radius 2 is 1.79 bits per heavy atom. The molecule has 1 heterocycles. The Morgan fingerprint density at radius 1 is 1.00 bits per heavy atom. The van der Waals surface area contributed by atoms with Gasteiger partial charge >= 0.3 is 6.36 Å². The summed E-state index contributed by atoms with van der Waals surface area (Å²) in [7, 11) is 0. The molecule has 146 valence electrons. The summed E-state index contributed by atoms with van der Waals surface area (Å²) in [5.41, 5.74) is 1.25. The molecule has 0 bridgehead atoms. The van der Waals surface area contributed by atoms with E-state index in [1.807, 2.05) is 6.92 Å². The van der Waals surface area contributed by atoms with Crippen molar-refractivity contribution in [1.29, 1.82) is 0 Å². The van der Waals surface area contributed by atoms with E-state index in [2.05, 4.69) is 25.3 Å². The molecule has 3 aromatic rings. The summed E-state index contributed by atoms with van der Waals surface area (Å²) in [5.74, 6) is -0.133. The Hall–Kier alpha value is -3.36. The van der Waals surface area contributed by atoms with Crippen LogP contribution in [0.4, 0.5) is 35.0 Å². The summed E-state index contributed by atoms with van der Waals surface area (Å²) in [4.78, 5) is 8.61. The second kappa shape index (κ2) is 8.12. The maximum Gasteiger partial charge on any atom is 0.573 e. The van der Waals surface area contributed by atoms with Crippen molar-refractivity contribution < 1.29 is 22.3 Å². The van der Waals surface area contributed by atoms with Crippen LogP contribution in [0.3, 0.4) is 0 Å². The van der Waals surface area contributed by atoms with Crippen molar-refractivity contribution in [2.24, 2.45) is 0 Å². The van der Waals surface area contributed by atoms with Gasteiger partial charge < -0.3 is 15.4 Å². The highest BCUT2D eigenvalue weighted by molar-refractivity contribution is 5.68. The lowest BCUT2D eigenvalue weighted by molar-refractivity contribution is -0.274. The zero-order valence-corrected chi connectivity index (χ0v) is 14.7. The fourth-order valence-corrected chi connectivity index (χ4v) is 2.46. The van der Waals surface area contributed by atoms with Crippen LogP contribution in [-0.4, -0.2) is 22.9 Å². The SMILES string of the molecule is CCNc1nc(Nc2cccc(F)c2)cc(-c2cccc(OC(F)(F)F)c2)n1. The number of nitrogens with one attached hydrogen (secondary N) is 2. The quantitative estimate of drug-likeness (QED) is 0.554. The average molecular weight is 392 g/mol. The first-order chi connectivity index (χ1) is 13.3. The number of anilines is 3. The summed E-state index contributed by atoms with van der Waals surface area (Å²) in [5, 5.41) is 5.92. The number of halogens is 4. The summed E-state index contributed by atoms with van der Waals surface area (Å²) in [6, 6.07) is 12.8. The van der Waals surface area contributed by atoms with Gasteiger partial charge in [-0.15, -0.1) is 13.2 Å². The van der Waals surface area contributed by atoms with Gasteiger partial charge in [-0.05, 0) is 37.3 Å². The third-order valence-corrected chi connectivity index (χ3v) is 3.52. The standard InChI is InChI=1S/C19H16F4N4O/c1-2-24-18-26-16(12-5-3-8-15(9-12)28-19(21,22)23)11-17(27-18)25-14-7-4-6-13(20)10-14/h3-11H,2H2,1H3,(H2,24,25,26,27). The molecule has 0 fully saturated rings. The van der Waals surface area contributed by atoms with Crippen molar-refractivity contribution >= 4 is 17.5 Å². The molecule has 0 aliphatic rings. The summed E-state index contributed by atoms with van der Waals surface area (Å²) < 4.78 is 54.8. The zero-order chi connectivity index (χ0) is 20.1. The van der Waals surface area contributed by atoms with Crippen LogP contribution < -0.4 is 15.4 Å².